The molecule has 0 fully saturated rings. The Morgan fingerprint density at radius 1 is 1.04 bits per heavy atom. The molecule has 0 radical (unpaired) electrons. The maximum absolute atomic E-state index is 5.67. The van der Waals surface area contributed by atoms with Gasteiger partial charge in [0.15, 0.2) is 0 Å². The van der Waals surface area contributed by atoms with Gasteiger partial charge in [0, 0.05) is 16.5 Å². The second-order valence-corrected chi connectivity index (χ2v) is 5.89. The van der Waals surface area contributed by atoms with E-state index in [4.69, 9.17) is 4.74 Å². The van der Waals surface area contributed by atoms with E-state index in [2.05, 4.69) is 32.7 Å². The fourth-order valence-electron chi connectivity index (χ4n) is 2.25. The van der Waals surface area contributed by atoms with Gasteiger partial charge in [-0.25, -0.2) is 4.57 Å². The number of H-pyrrole nitrogens is 1. The van der Waals surface area contributed by atoms with Crippen LogP contribution in [-0.2, 0) is 7.05 Å². The van der Waals surface area contributed by atoms with E-state index >= 15 is 0 Å². The molecule has 26 heavy (non-hydrogen) atoms. The highest BCUT2D eigenvalue weighted by Crippen LogP contribution is 2.23. The molecule has 0 spiro atoms. The van der Waals surface area contributed by atoms with E-state index in [9.17, 15) is 0 Å². The van der Waals surface area contributed by atoms with Crippen LogP contribution in [0.4, 0.5) is 23.0 Å². The van der Waals surface area contributed by atoms with E-state index in [1.807, 2.05) is 55.6 Å². The zero-order valence-corrected chi connectivity index (χ0v) is 15.0. The maximum atomic E-state index is 5.67. The number of aryl methyl sites for hydroxylation is 1. The fourth-order valence-corrected chi connectivity index (χ4v) is 2.25. The maximum Gasteiger partial charge on any atom is 0.401 e. The summed E-state index contributed by atoms with van der Waals surface area (Å²) in [4.78, 5) is 0. The van der Waals surface area contributed by atoms with Crippen molar-refractivity contribution in [1.29, 1.82) is 0 Å². The van der Waals surface area contributed by atoms with Gasteiger partial charge >= 0.3 is 5.95 Å². The Morgan fingerprint density at radius 2 is 1.73 bits per heavy atom. The van der Waals surface area contributed by atoms with Crippen LogP contribution in [0.1, 0.15) is 19.8 Å². The molecule has 0 saturated heterocycles. The van der Waals surface area contributed by atoms with Crippen molar-refractivity contribution in [3.63, 3.8) is 0 Å². The number of aromatic nitrogens is 3. The minimum atomic E-state index is 0.591. The van der Waals surface area contributed by atoms with Gasteiger partial charge in [-0.15, -0.1) is 5.10 Å². The standard InChI is InChI=1S/C19H22N6O/c1-3-4-13-26-18-11-9-16(10-12-18)21-15-5-7-17(8-6-15)22-24-19-23-20-14-25(19)2/h5-12,14H,3-4,13H2,1-2H3,(H,21,23,24)/p+1. The van der Waals surface area contributed by atoms with Crippen LogP contribution in [0, 0.1) is 0 Å². The molecule has 3 rings (SSSR count). The molecule has 0 aliphatic heterocycles. The molecule has 0 saturated carbocycles. The zero-order chi connectivity index (χ0) is 18.2. The third kappa shape index (κ3) is 4.89. The summed E-state index contributed by atoms with van der Waals surface area (Å²) in [5, 5.41) is 18.3. The van der Waals surface area contributed by atoms with E-state index < -0.39 is 0 Å². The fraction of sp³-hybridized carbons (Fsp3) is 0.263. The largest absolute Gasteiger partial charge is 0.494 e. The van der Waals surface area contributed by atoms with Gasteiger partial charge in [0.2, 0.25) is 6.33 Å². The van der Waals surface area contributed by atoms with Crippen LogP contribution in [0.15, 0.2) is 65.1 Å². The molecule has 0 bridgehead atoms. The molecular weight excluding hydrogens is 328 g/mol. The van der Waals surface area contributed by atoms with Gasteiger partial charge in [-0.3, -0.25) is 0 Å². The Balaban J connectivity index is 1.57. The lowest BCUT2D eigenvalue weighted by atomic mass is 10.2. The third-order valence-electron chi connectivity index (χ3n) is 3.77. The number of unbranched alkanes of at least 4 members (excludes halogenated alkanes) is 1. The lowest BCUT2D eigenvalue weighted by Gasteiger charge is -2.09. The molecular formula is C19H23N6O+. The van der Waals surface area contributed by atoms with E-state index in [-0.39, 0.29) is 0 Å². The van der Waals surface area contributed by atoms with E-state index in [1.165, 1.54) is 0 Å². The van der Waals surface area contributed by atoms with Crippen molar-refractivity contribution >= 4 is 23.0 Å². The Labute approximate surface area is 152 Å². The third-order valence-corrected chi connectivity index (χ3v) is 3.77. The van der Waals surface area contributed by atoms with Crippen LogP contribution in [0.5, 0.6) is 5.75 Å². The summed E-state index contributed by atoms with van der Waals surface area (Å²) in [6, 6.07) is 15.7. The van der Waals surface area contributed by atoms with Crippen LogP contribution in [-0.4, -0.2) is 16.8 Å². The van der Waals surface area contributed by atoms with Gasteiger partial charge < -0.3 is 10.1 Å². The minimum Gasteiger partial charge on any atom is -0.494 e. The number of rotatable bonds is 8. The van der Waals surface area contributed by atoms with Gasteiger partial charge in [-0.2, -0.15) is 0 Å². The second kappa shape index (κ2) is 8.75. The smallest absolute Gasteiger partial charge is 0.401 e. The molecule has 7 heteroatoms. The first kappa shape index (κ1) is 17.6. The number of benzene rings is 2. The molecule has 0 amide bonds. The summed E-state index contributed by atoms with van der Waals surface area (Å²) in [7, 11) is 1.85. The predicted molar refractivity (Wildman–Crippen MR) is 101 cm³/mol. The normalized spacial score (nSPS) is 11.0. The van der Waals surface area contributed by atoms with Crippen molar-refractivity contribution in [2.45, 2.75) is 19.8 Å². The van der Waals surface area contributed by atoms with Crippen molar-refractivity contribution in [3.8, 4) is 5.75 Å². The number of nitrogens with zero attached hydrogens (tertiary/aromatic N) is 4. The van der Waals surface area contributed by atoms with Crippen molar-refractivity contribution in [2.75, 3.05) is 11.9 Å². The topological polar surface area (TPSA) is 78.5 Å². The summed E-state index contributed by atoms with van der Waals surface area (Å²) in [5.74, 6) is 1.49. The molecule has 1 heterocycles. The molecule has 2 aromatic carbocycles. The molecule has 0 atom stereocenters. The van der Waals surface area contributed by atoms with Crippen LogP contribution < -0.4 is 14.6 Å². The second-order valence-electron chi connectivity index (χ2n) is 5.89. The predicted octanol–water partition coefficient (Wildman–Crippen LogP) is 4.57. The first-order valence-corrected chi connectivity index (χ1v) is 8.65. The summed E-state index contributed by atoms with van der Waals surface area (Å²) < 4.78 is 7.43. The lowest BCUT2D eigenvalue weighted by Crippen LogP contribution is -2.24. The highest BCUT2D eigenvalue weighted by atomic mass is 16.5. The van der Waals surface area contributed by atoms with Crippen molar-refractivity contribution in [3.05, 3.63) is 54.9 Å². The average molecular weight is 351 g/mol. The average Bonchev–Trinajstić information content (AvgIpc) is 3.08. The molecule has 2 N–H and O–H groups in total. The van der Waals surface area contributed by atoms with Crippen molar-refractivity contribution in [1.82, 2.24) is 10.2 Å². The summed E-state index contributed by atoms with van der Waals surface area (Å²) in [6.07, 6.45) is 3.85. The van der Waals surface area contributed by atoms with Crippen LogP contribution in [0.25, 0.3) is 0 Å². The molecule has 0 aliphatic carbocycles. The number of azo groups is 1. The molecule has 134 valence electrons. The SMILES string of the molecule is CCCCOc1ccc(Nc2ccc(N=Nc3[nH]nc[n+]3C)cc2)cc1. The van der Waals surface area contributed by atoms with Crippen LogP contribution in [0.2, 0.25) is 0 Å². The molecule has 1 aromatic heterocycles. The highest BCUT2D eigenvalue weighted by molar-refractivity contribution is 5.62. The first-order valence-electron chi connectivity index (χ1n) is 8.65. The highest BCUT2D eigenvalue weighted by Gasteiger charge is 2.05. The summed E-state index contributed by atoms with van der Waals surface area (Å²) in [6.45, 7) is 2.91. The van der Waals surface area contributed by atoms with Gasteiger partial charge in [-0.05, 0) is 60.1 Å². The van der Waals surface area contributed by atoms with Gasteiger partial charge in [0.1, 0.15) is 5.75 Å². The van der Waals surface area contributed by atoms with Crippen LogP contribution in [0.3, 0.4) is 0 Å². The Morgan fingerprint density at radius 3 is 2.35 bits per heavy atom. The Hall–Kier alpha value is -3.22. The molecule has 0 unspecified atom stereocenters. The Bertz CT molecular complexity index is 839. The number of anilines is 2. The van der Waals surface area contributed by atoms with Gasteiger partial charge in [0.25, 0.3) is 0 Å². The summed E-state index contributed by atoms with van der Waals surface area (Å²) in [5.41, 5.74) is 2.76. The van der Waals surface area contributed by atoms with Crippen molar-refractivity contribution < 1.29 is 9.30 Å². The van der Waals surface area contributed by atoms with E-state index in [1.54, 1.807) is 10.9 Å². The number of aromatic amines is 1. The monoisotopic (exact) mass is 351 g/mol. The zero-order valence-electron chi connectivity index (χ0n) is 15.0. The number of hydrogen-bond donors (Lipinski definition) is 2. The molecule has 0 aliphatic rings. The number of hydrogen-bond acceptors (Lipinski definition) is 5. The van der Waals surface area contributed by atoms with Gasteiger partial charge in [-0.1, -0.05) is 18.5 Å². The van der Waals surface area contributed by atoms with Gasteiger partial charge in [0.05, 0.1) is 19.3 Å². The summed E-state index contributed by atoms with van der Waals surface area (Å²) >= 11 is 0. The molecule has 7 nitrogen and oxygen atoms in total. The minimum absolute atomic E-state index is 0.591. The van der Waals surface area contributed by atoms with E-state index in [0.717, 1.165) is 42.3 Å². The number of ether oxygens (including phenoxy) is 1. The molecule has 3 aromatic rings. The first-order chi connectivity index (χ1) is 12.7. The van der Waals surface area contributed by atoms with Crippen molar-refractivity contribution in [2.24, 2.45) is 17.3 Å². The number of nitrogens with one attached hydrogen (secondary N) is 2. The Kier molecular flexibility index (Phi) is 5.92. The van der Waals surface area contributed by atoms with Crippen LogP contribution >= 0.6 is 0 Å². The quantitative estimate of drug-likeness (QED) is 0.354. The lowest BCUT2D eigenvalue weighted by molar-refractivity contribution is -0.658. The van der Waals surface area contributed by atoms with E-state index in [0.29, 0.717) is 5.95 Å².